The first-order chi connectivity index (χ1) is 12.8. The standard InChI is InChI=1S/C19H21N5O3/c1-9-5-10(2)16-12(18(27)21-13(16)6-9)7-15(25)24-4-3-11-14(8-24)22-19(20)23-17(11)26/h5-6,12H,3-4,7-8H2,1-2H3,(H,21,27)(H3,20,22,23,26)/t12-/m0/s1. The van der Waals surface area contributed by atoms with E-state index in [1.54, 1.807) is 4.90 Å². The Morgan fingerprint density at radius 1 is 1.33 bits per heavy atom. The van der Waals surface area contributed by atoms with Crippen molar-refractivity contribution < 1.29 is 9.59 Å². The number of carbonyl (C=O) groups is 2. The Hall–Kier alpha value is -3.16. The number of nitrogens with zero attached hydrogens (tertiary/aromatic N) is 2. The average Bonchev–Trinajstić information content (AvgIpc) is 2.89. The number of amides is 2. The molecule has 0 unspecified atom stereocenters. The lowest BCUT2D eigenvalue weighted by Gasteiger charge is -2.28. The second-order valence-electron chi connectivity index (χ2n) is 7.23. The highest BCUT2D eigenvalue weighted by Crippen LogP contribution is 2.38. The van der Waals surface area contributed by atoms with Crippen molar-refractivity contribution in [3.8, 4) is 0 Å². The van der Waals surface area contributed by atoms with Crippen molar-refractivity contribution in [1.29, 1.82) is 0 Å². The summed E-state index contributed by atoms with van der Waals surface area (Å²) in [5.41, 5.74) is 10.2. The number of aromatic amines is 1. The molecular formula is C19H21N5O3. The zero-order valence-corrected chi connectivity index (χ0v) is 15.3. The number of aromatic nitrogens is 2. The van der Waals surface area contributed by atoms with Crippen molar-refractivity contribution >= 4 is 23.5 Å². The average molecular weight is 367 g/mol. The molecule has 1 aromatic carbocycles. The Bertz CT molecular complexity index is 1030. The Morgan fingerprint density at radius 3 is 2.89 bits per heavy atom. The fourth-order valence-corrected chi connectivity index (χ4v) is 4.07. The Balaban J connectivity index is 1.56. The fourth-order valence-electron chi connectivity index (χ4n) is 4.07. The molecule has 2 amide bonds. The minimum absolute atomic E-state index is 0.0446. The molecule has 0 bridgehead atoms. The van der Waals surface area contributed by atoms with E-state index in [0.29, 0.717) is 24.2 Å². The van der Waals surface area contributed by atoms with Crippen LogP contribution in [0, 0.1) is 13.8 Å². The van der Waals surface area contributed by atoms with Crippen LogP contribution in [0.3, 0.4) is 0 Å². The summed E-state index contributed by atoms with van der Waals surface area (Å²) >= 11 is 0. The maximum absolute atomic E-state index is 12.9. The lowest BCUT2D eigenvalue weighted by atomic mass is 9.91. The van der Waals surface area contributed by atoms with E-state index in [1.165, 1.54) is 0 Å². The van der Waals surface area contributed by atoms with Gasteiger partial charge in [-0.1, -0.05) is 6.07 Å². The number of nitrogens with one attached hydrogen (secondary N) is 2. The fraction of sp³-hybridized carbons (Fsp3) is 0.368. The van der Waals surface area contributed by atoms with Gasteiger partial charge in [-0.3, -0.25) is 19.4 Å². The van der Waals surface area contributed by atoms with Gasteiger partial charge in [0, 0.05) is 24.2 Å². The van der Waals surface area contributed by atoms with E-state index in [-0.39, 0.29) is 36.3 Å². The van der Waals surface area contributed by atoms with Crippen LogP contribution in [0.2, 0.25) is 0 Å². The number of benzene rings is 1. The zero-order valence-electron chi connectivity index (χ0n) is 15.3. The van der Waals surface area contributed by atoms with Gasteiger partial charge in [0.2, 0.25) is 17.8 Å². The molecule has 1 aromatic heterocycles. The van der Waals surface area contributed by atoms with Gasteiger partial charge in [-0.15, -0.1) is 0 Å². The third-order valence-corrected chi connectivity index (χ3v) is 5.28. The predicted octanol–water partition coefficient (Wildman–Crippen LogP) is 0.980. The van der Waals surface area contributed by atoms with Gasteiger partial charge in [0.05, 0.1) is 18.2 Å². The highest BCUT2D eigenvalue weighted by atomic mass is 16.2. The number of carbonyl (C=O) groups excluding carboxylic acids is 2. The largest absolute Gasteiger partial charge is 0.369 e. The molecule has 0 fully saturated rings. The number of rotatable bonds is 2. The molecule has 0 spiro atoms. The molecule has 2 aliphatic rings. The van der Waals surface area contributed by atoms with Crippen LogP contribution in [0.5, 0.6) is 0 Å². The van der Waals surface area contributed by atoms with Crippen molar-refractivity contribution in [2.24, 2.45) is 0 Å². The van der Waals surface area contributed by atoms with Crippen LogP contribution >= 0.6 is 0 Å². The third kappa shape index (κ3) is 2.97. The van der Waals surface area contributed by atoms with Gasteiger partial charge in [-0.05, 0) is 43.0 Å². The minimum Gasteiger partial charge on any atom is -0.369 e. The normalized spacial score (nSPS) is 18.1. The number of anilines is 2. The molecule has 2 aromatic rings. The highest BCUT2D eigenvalue weighted by Gasteiger charge is 2.35. The zero-order chi connectivity index (χ0) is 19.3. The van der Waals surface area contributed by atoms with Crippen LogP contribution in [0.1, 0.15) is 40.3 Å². The molecule has 2 aliphatic heterocycles. The van der Waals surface area contributed by atoms with Gasteiger partial charge >= 0.3 is 0 Å². The van der Waals surface area contributed by atoms with Crippen molar-refractivity contribution in [3.05, 3.63) is 50.4 Å². The van der Waals surface area contributed by atoms with E-state index in [9.17, 15) is 14.4 Å². The third-order valence-electron chi connectivity index (χ3n) is 5.28. The molecule has 0 radical (unpaired) electrons. The van der Waals surface area contributed by atoms with Crippen LogP contribution < -0.4 is 16.6 Å². The van der Waals surface area contributed by atoms with Crippen LogP contribution in [0.4, 0.5) is 11.6 Å². The molecule has 0 saturated carbocycles. The Labute approximate surface area is 155 Å². The van der Waals surface area contributed by atoms with Crippen LogP contribution in [-0.4, -0.2) is 33.2 Å². The monoisotopic (exact) mass is 367 g/mol. The summed E-state index contributed by atoms with van der Waals surface area (Å²) in [5.74, 6) is -0.729. The van der Waals surface area contributed by atoms with Gasteiger partial charge in [0.25, 0.3) is 5.56 Å². The van der Waals surface area contributed by atoms with Crippen LogP contribution in [-0.2, 0) is 22.6 Å². The van der Waals surface area contributed by atoms with Gasteiger partial charge in [-0.2, -0.15) is 0 Å². The minimum atomic E-state index is -0.494. The van der Waals surface area contributed by atoms with Crippen molar-refractivity contribution in [1.82, 2.24) is 14.9 Å². The second kappa shape index (κ2) is 6.22. The summed E-state index contributed by atoms with van der Waals surface area (Å²) in [6, 6.07) is 3.95. The molecule has 8 nitrogen and oxygen atoms in total. The SMILES string of the molecule is Cc1cc(C)c2c(c1)NC(=O)[C@H]2CC(=O)N1CCc2c(nc(N)[nH]c2=O)C1. The van der Waals surface area contributed by atoms with Gasteiger partial charge < -0.3 is 16.0 Å². The van der Waals surface area contributed by atoms with Gasteiger partial charge in [0.15, 0.2) is 0 Å². The number of nitrogen functional groups attached to an aromatic ring is 1. The summed E-state index contributed by atoms with van der Waals surface area (Å²) in [6.45, 7) is 4.59. The van der Waals surface area contributed by atoms with Crippen molar-refractivity contribution in [3.63, 3.8) is 0 Å². The lowest BCUT2D eigenvalue weighted by Crippen LogP contribution is -2.40. The molecular weight excluding hydrogens is 346 g/mol. The summed E-state index contributed by atoms with van der Waals surface area (Å²) in [4.78, 5) is 45.6. The molecule has 0 saturated heterocycles. The highest BCUT2D eigenvalue weighted by molar-refractivity contribution is 6.05. The molecule has 3 heterocycles. The van der Waals surface area contributed by atoms with E-state index < -0.39 is 5.92 Å². The number of aryl methyl sites for hydroxylation is 2. The summed E-state index contributed by atoms with van der Waals surface area (Å²) in [6.07, 6.45) is 0.520. The number of nitrogens with two attached hydrogens (primary N) is 1. The summed E-state index contributed by atoms with van der Waals surface area (Å²) in [5, 5.41) is 2.88. The van der Waals surface area contributed by atoms with E-state index in [2.05, 4.69) is 15.3 Å². The molecule has 4 rings (SSSR count). The Morgan fingerprint density at radius 2 is 2.11 bits per heavy atom. The van der Waals surface area contributed by atoms with E-state index in [4.69, 9.17) is 5.73 Å². The quantitative estimate of drug-likeness (QED) is 0.730. The number of fused-ring (bicyclic) bond motifs is 2. The smallest absolute Gasteiger partial charge is 0.255 e. The first-order valence-electron chi connectivity index (χ1n) is 8.91. The topological polar surface area (TPSA) is 121 Å². The second-order valence-corrected chi connectivity index (χ2v) is 7.23. The van der Waals surface area contributed by atoms with E-state index in [0.717, 1.165) is 22.4 Å². The number of hydrogen-bond acceptors (Lipinski definition) is 5. The molecule has 0 aliphatic carbocycles. The maximum atomic E-state index is 12.9. The first-order valence-corrected chi connectivity index (χ1v) is 8.91. The van der Waals surface area contributed by atoms with Gasteiger partial charge in [0.1, 0.15) is 0 Å². The molecule has 27 heavy (non-hydrogen) atoms. The summed E-state index contributed by atoms with van der Waals surface area (Å²) < 4.78 is 0. The lowest BCUT2D eigenvalue weighted by molar-refractivity contribution is -0.134. The maximum Gasteiger partial charge on any atom is 0.255 e. The van der Waals surface area contributed by atoms with Crippen molar-refractivity contribution in [2.75, 3.05) is 17.6 Å². The predicted molar refractivity (Wildman–Crippen MR) is 100 cm³/mol. The number of hydrogen-bond donors (Lipinski definition) is 3. The Kier molecular flexibility index (Phi) is 3.98. The van der Waals surface area contributed by atoms with Crippen LogP contribution in [0.25, 0.3) is 0 Å². The first kappa shape index (κ1) is 17.3. The van der Waals surface area contributed by atoms with Gasteiger partial charge in [-0.25, -0.2) is 4.98 Å². The molecule has 8 heteroatoms. The van der Waals surface area contributed by atoms with E-state index >= 15 is 0 Å². The molecule has 1 atom stereocenters. The summed E-state index contributed by atoms with van der Waals surface area (Å²) in [7, 11) is 0. The molecule has 4 N–H and O–H groups in total. The van der Waals surface area contributed by atoms with Crippen molar-refractivity contribution in [2.45, 2.75) is 39.2 Å². The number of H-pyrrole nitrogens is 1. The van der Waals surface area contributed by atoms with Crippen LogP contribution in [0.15, 0.2) is 16.9 Å². The molecule has 140 valence electrons. The van der Waals surface area contributed by atoms with E-state index in [1.807, 2.05) is 26.0 Å².